The molecule has 0 aromatic heterocycles. The average Bonchev–Trinajstić information content (AvgIpc) is 2.78. The van der Waals surface area contributed by atoms with Crippen LogP contribution in [0.5, 0.6) is 5.75 Å². The Morgan fingerprint density at radius 2 is 1.77 bits per heavy atom. The summed E-state index contributed by atoms with van der Waals surface area (Å²) in [5, 5.41) is 2.89. The third-order valence-corrected chi connectivity index (χ3v) is 7.13. The zero-order valence-corrected chi connectivity index (χ0v) is 19.0. The Morgan fingerprint density at radius 3 is 2.45 bits per heavy atom. The van der Waals surface area contributed by atoms with Gasteiger partial charge >= 0.3 is 0 Å². The van der Waals surface area contributed by atoms with E-state index in [9.17, 15) is 13.2 Å². The van der Waals surface area contributed by atoms with Gasteiger partial charge in [0.15, 0.2) is 0 Å². The fraction of sp³-hybridized carbons (Fsp3) is 0.435. The summed E-state index contributed by atoms with van der Waals surface area (Å²) < 4.78 is 33.2. The molecular formula is C23H31N3O4S. The highest BCUT2D eigenvalue weighted by atomic mass is 32.2. The number of carbonyl (C=O) groups is 1. The van der Waals surface area contributed by atoms with Crippen molar-refractivity contribution in [1.82, 2.24) is 4.31 Å². The van der Waals surface area contributed by atoms with Crippen molar-refractivity contribution in [2.45, 2.75) is 37.0 Å². The summed E-state index contributed by atoms with van der Waals surface area (Å²) in [6, 6.07) is 14.4. The summed E-state index contributed by atoms with van der Waals surface area (Å²) in [5.41, 5.74) is 1.25. The van der Waals surface area contributed by atoms with Crippen LogP contribution in [0.15, 0.2) is 53.4 Å². The van der Waals surface area contributed by atoms with Gasteiger partial charge in [0.05, 0.1) is 22.9 Å². The van der Waals surface area contributed by atoms with E-state index < -0.39 is 10.0 Å². The molecule has 1 heterocycles. The Bertz CT molecular complexity index is 972. The highest BCUT2D eigenvalue weighted by Crippen LogP contribution is 2.30. The Labute approximate surface area is 185 Å². The molecule has 0 atom stereocenters. The van der Waals surface area contributed by atoms with Crippen LogP contribution in [0.2, 0.25) is 0 Å². The first-order valence-electron chi connectivity index (χ1n) is 10.7. The summed E-state index contributed by atoms with van der Waals surface area (Å²) in [4.78, 5) is 14.6. The number of para-hydroxylation sites is 1. The van der Waals surface area contributed by atoms with E-state index in [1.165, 1.54) is 4.31 Å². The maximum absolute atomic E-state index is 13.0. The standard InChI is InChI=1S/C23H31N3O4S/c1-25(2)22-14-13-20(31(28,29)26-15-7-4-8-16-26)18-21(22)24-23(27)12-9-17-30-19-10-5-3-6-11-19/h3,5-6,10-11,13-14,18H,4,7-9,12,15-17H2,1-2H3,(H,24,27). The van der Waals surface area contributed by atoms with Crippen LogP contribution in [0.25, 0.3) is 0 Å². The van der Waals surface area contributed by atoms with E-state index in [1.54, 1.807) is 18.2 Å². The van der Waals surface area contributed by atoms with Crippen LogP contribution >= 0.6 is 0 Å². The SMILES string of the molecule is CN(C)c1ccc(S(=O)(=O)N2CCCCC2)cc1NC(=O)CCCOc1ccccc1. The van der Waals surface area contributed by atoms with Crippen molar-refractivity contribution < 1.29 is 17.9 Å². The van der Waals surface area contributed by atoms with E-state index in [4.69, 9.17) is 4.74 Å². The Hall–Kier alpha value is -2.58. The minimum absolute atomic E-state index is 0.174. The first kappa shape index (κ1) is 23.1. The number of amides is 1. The molecule has 3 rings (SSSR count). The van der Waals surface area contributed by atoms with E-state index >= 15 is 0 Å². The number of ether oxygens (including phenoxy) is 1. The lowest BCUT2D eigenvalue weighted by atomic mass is 10.2. The molecule has 1 N–H and O–H groups in total. The van der Waals surface area contributed by atoms with Gasteiger partial charge in [0, 0.05) is 33.6 Å². The molecule has 168 valence electrons. The number of piperidine rings is 1. The van der Waals surface area contributed by atoms with E-state index in [0.717, 1.165) is 30.7 Å². The molecule has 1 saturated heterocycles. The molecule has 0 unspecified atom stereocenters. The van der Waals surface area contributed by atoms with Crippen molar-refractivity contribution in [3.63, 3.8) is 0 Å². The topological polar surface area (TPSA) is 79.0 Å². The molecule has 0 aliphatic carbocycles. The van der Waals surface area contributed by atoms with Crippen LogP contribution in [0, 0.1) is 0 Å². The minimum atomic E-state index is -3.57. The van der Waals surface area contributed by atoms with Crippen LogP contribution in [-0.4, -0.2) is 52.4 Å². The lowest BCUT2D eigenvalue weighted by Crippen LogP contribution is -2.35. The summed E-state index contributed by atoms with van der Waals surface area (Å²) in [6.45, 7) is 1.52. The largest absolute Gasteiger partial charge is 0.494 e. The molecule has 8 heteroatoms. The summed E-state index contributed by atoms with van der Waals surface area (Å²) in [7, 11) is 0.146. The Balaban J connectivity index is 1.65. The number of carbonyl (C=O) groups excluding carboxylic acids is 1. The van der Waals surface area contributed by atoms with Crippen molar-refractivity contribution in [3.05, 3.63) is 48.5 Å². The first-order valence-corrected chi connectivity index (χ1v) is 12.1. The molecule has 0 saturated carbocycles. The molecule has 0 radical (unpaired) electrons. The lowest BCUT2D eigenvalue weighted by Gasteiger charge is -2.26. The van der Waals surface area contributed by atoms with E-state index in [2.05, 4.69) is 5.32 Å². The van der Waals surface area contributed by atoms with E-state index in [0.29, 0.717) is 31.8 Å². The molecule has 0 spiro atoms. The van der Waals surface area contributed by atoms with Gasteiger partial charge in [0.25, 0.3) is 0 Å². The van der Waals surface area contributed by atoms with Crippen molar-refractivity contribution in [1.29, 1.82) is 0 Å². The van der Waals surface area contributed by atoms with Gasteiger partial charge < -0.3 is 15.0 Å². The Kier molecular flexibility index (Phi) is 7.92. The number of nitrogens with zero attached hydrogens (tertiary/aromatic N) is 2. The number of hydrogen-bond acceptors (Lipinski definition) is 5. The zero-order valence-electron chi connectivity index (χ0n) is 18.2. The maximum atomic E-state index is 13.0. The second-order valence-electron chi connectivity index (χ2n) is 7.85. The average molecular weight is 446 g/mol. The molecule has 2 aromatic rings. The first-order chi connectivity index (χ1) is 14.9. The number of anilines is 2. The molecular weight excluding hydrogens is 414 g/mol. The molecule has 1 fully saturated rings. The molecule has 2 aromatic carbocycles. The lowest BCUT2D eigenvalue weighted by molar-refractivity contribution is -0.116. The van der Waals surface area contributed by atoms with Crippen LogP contribution < -0.4 is 15.0 Å². The summed E-state index contributed by atoms with van der Waals surface area (Å²) in [5.74, 6) is 0.598. The number of rotatable bonds is 9. The van der Waals surface area contributed by atoms with E-state index in [-0.39, 0.29) is 17.2 Å². The highest BCUT2D eigenvalue weighted by Gasteiger charge is 2.27. The molecule has 7 nitrogen and oxygen atoms in total. The van der Waals surface area contributed by atoms with Crippen LogP contribution in [0.4, 0.5) is 11.4 Å². The van der Waals surface area contributed by atoms with Gasteiger partial charge in [-0.05, 0) is 49.6 Å². The third-order valence-electron chi connectivity index (χ3n) is 5.24. The molecule has 0 bridgehead atoms. The van der Waals surface area contributed by atoms with Gasteiger partial charge in [0.2, 0.25) is 15.9 Å². The predicted octanol–water partition coefficient (Wildman–Crippen LogP) is 3.72. The molecule has 1 aliphatic heterocycles. The van der Waals surface area contributed by atoms with Crippen molar-refractivity contribution in [2.24, 2.45) is 0 Å². The summed E-state index contributed by atoms with van der Waals surface area (Å²) >= 11 is 0. The van der Waals surface area contributed by atoms with Crippen LogP contribution in [-0.2, 0) is 14.8 Å². The van der Waals surface area contributed by atoms with E-state index in [1.807, 2.05) is 49.3 Å². The summed E-state index contributed by atoms with van der Waals surface area (Å²) in [6.07, 6.45) is 3.65. The molecule has 1 aliphatic rings. The van der Waals surface area contributed by atoms with Gasteiger partial charge in [-0.15, -0.1) is 0 Å². The number of sulfonamides is 1. The fourth-order valence-corrected chi connectivity index (χ4v) is 5.12. The monoisotopic (exact) mass is 445 g/mol. The Morgan fingerprint density at radius 1 is 1.06 bits per heavy atom. The highest BCUT2D eigenvalue weighted by molar-refractivity contribution is 7.89. The molecule has 1 amide bonds. The smallest absolute Gasteiger partial charge is 0.243 e. The van der Waals surface area contributed by atoms with Gasteiger partial charge in [-0.3, -0.25) is 4.79 Å². The minimum Gasteiger partial charge on any atom is -0.494 e. The number of nitrogens with one attached hydrogen (secondary N) is 1. The molecule has 31 heavy (non-hydrogen) atoms. The normalized spacial score (nSPS) is 14.8. The third kappa shape index (κ3) is 6.21. The van der Waals surface area contributed by atoms with Crippen molar-refractivity contribution in [2.75, 3.05) is 44.0 Å². The maximum Gasteiger partial charge on any atom is 0.243 e. The van der Waals surface area contributed by atoms with Gasteiger partial charge in [-0.25, -0.2) is 8.42 Å². The van der Waals surface area contributed by atoms with Crippen LogP contribution in [0.1, 0.15) is 32.1 Å². The predicted molar refractivity (Wildman–Crippen MR) is 123 cm³/mol. The zero-order chi connectivity index (χ0) is 22.3. The van der Waals surface area contributed by atoms with Gasteiger partial charge in [0.1, 0.15) is 5.75 Å². The second kappa shape index (κ2) is 10.6. The van der Waals surface area contributed by atoms with Crippen LogP contribution in [0.3, 0.4) is 0 Å². The van der Waals surface area contributed by atoms with Gasteiger partial charge in [-0.1, -0.05) is 24.6 Å². The van der Waals surface area contributed by atoms with Crippen molar-refractivity contribution in [3.8, 4) is 5.75 Å². The number of benzene rings is 2. The second-order valence-corrected chi connectivity index (χ2v) is 9.79. The fourth-order valence-electron chi connectivity index (χ4n) is 3.57. The quantitative estimate of drug-likeness (QED) is 0.595. The van der Waals surface area contributed by atoms with Crippen molar-refractivity contribution >= 4 is 27.3 Å². The number of hydrogen-bond donors (Lipinski definition) is 1. The van der Waals surface area contributed by atoms with Gasteiger partial charge in [-0.2, -0.15) is 4.31 Å².